The van der Waals surface area contributed by atoms with Crippen molar-refractivity contribution in [2.75, 3.05) is 25.2 Å². The molecule has 0 saturated heterocycles. The molecule has 1 aliphatic carbocycles. The first-order valence-electron chi connectivity index (χ1n) is 7.43. The molecule has 0 bridgehead atoms. The second-order valence-corrected chi connectivity index (χ2v) is 6.39. The van der Waals surface area contributed by atoms with Gasteiger partial charge in [0.2, 0.25) is 0 Å². The van der Waals surface area contributed by atoms with E-state index in [1.54, 1.807) is 7.11 Å². The molecule has 0 spiro atoms. The van der Waals surface area contributed by atoms with Crippen LogP contribution in [0, 0.1) is 0 Å². The van der Waals surface area contributed by atoms with E-state index < -0.39 is 0 Å². The fourth-order valence-electron chi connectivity index (χ4n) is 2.49. The van der Waals surface area contributed by atoms with Crippen LogP contribution < -0.4 is 10.2 Å². The zero-order valence-corrected chi connectivity index (χ0v) is 14.2. The summed E-state index contributed by atoms with van der Waals surface area (Å²) in [7, 11) is 1.76. The van der Waals surface area contributed by atoms with Gasteiger partial charge in [0.15, 0.2) is 0 Å². The first-order chi connectivity index (χ1) is 9.65. The molecular formula is C16H25BrN2O. The number of methoxy groups -OCH3 is 1. The van der Waals surface area contributed by atoms with Gasteiger partial charge in [-0.2, -0.15) is 0 Å². The lowest BCUT2D eigenvalue weighted by Crippen LogP contribution is -2.36. The zero-order valence-electron chi connectivity index (χ0n) is 12.7. The fourth-order valence-corrected chi connectivity index (χ4v) is 3.15. The Kier molecular flexibility index (Phi) is 5.87. The number of ether oxygens (including phenoxy) is 1. The van der Waals surface area contributed by atoms with Crippen LogP contribution in [0.15, 0.2) is 22.7 Å². The summed E-state index contributed by atoms with van der Waals surface area (Å²) in [6, 6.07) is 7.79. The van der Waals surface area contributed by atoms with E-state index in [2.05, 4.69) is 58.2 Å². The largest absolute Gasteiger partial charge is 0.383 e. The maximum atomic E-state index is 5.28. The first-order valence-corrected chi connectivity index (χ1v) is 8.22. The summed E-state index contributed by atoms with van der Waals surface area (Å²) >= 11 is 3.72. The average Bonchev–Trinajstić information content (AvgIpc) is 3.24. The minimum Gasteiger partial charge on any atom is -0.383 e. The minimum absolute atomic E-state index is 0.372. The van der Waals surface area contributed by atoms with E-state index in [1.165, 1.54) is 24.1 Å². The predicted octanol–water partition coefficient (Wildman–Crippen LogP) is 3.56. The van der Waals surface area contributed by atoms with Crippen molar-refractivity contribution in [3.8, 4) is 0 Å². The summed E-state index contributed by atoms with van der Waals surface area (Å²) in [4.78, 5) is 2.37. The Morgan fingerprint density at radius 2 is 2.20 bits per heavy atom. The number of halogens is 1. The van der Waals surface area contributed by atoms with Crippen LogP contribution >= 0.6 is 15.9 Å². The Hall–Kier alpha value is -0.580. The molecule has 1 atom stereocenters. The molecule has 20 heavy (non-hydrogen) atoms. The Bertz CT molecular complexity index is 434. The summed E-state index contributed by atoms with van der Waals surface area (Å²) < 4.78 is 6.44. The quantitative estimate of drug-likeness (QED) is 0.782. The van der Waals surface area contributed by atoms with Crippen LogP contribution in [-0.2, 0) is 11.3 Å². The summed E-state index contributed by atoms with van der Waals surface area (Å²) in [5, 5.41) is 3.55. The number of hydrogen-bond acceptors (Lipinski definition) is 3. The van der Waals surface area contributed by atoms with Gasteiger partial charge in [0.1, 0.15) is 0 Å². The molecule has 1 aromatic rings. The van der Waals surface area contributed by atoms with Crippen LogP contribution in [0.5, 0.6) is 0 Å². The van der Waals surface area contributed by atoms with Gasteiger partial charge in [0, 0.05) is 36.8 Å². The molecule has 0 amide bonds. The van der Waals surface area contributed by atoms with E-state index in [4.69, 9.17) is 4.74 Å². The summed E-state index contributed by atoms with van der Waals surface area (Å²) in [5.41, 5.74) is 2.58. The van der Waals surface area contributed by atoms with E-state index in [0.29, 0.717) is 6.04 Å². The third kappa shape index (κ3) is 4.21. The van der Waals surface area contributed by atoms with Crippen LogP contribution in [0.2, 0.25) is 0 Å². The van der Waals surface area contributed by atoms with E-state index in [1.807, 2.05) is 0 Å². The lowest BCUT2D eigenvalue weighted by Gasteiger charge is -2.30. The van der Waals surface area contributed by atoms with E-state index in [9.17, 15) is 0 Å². The van der Waals surface area contributed by atoms with Gasteiger partial charge in [-0.05, 0) is 60.3 Å². The highest BCUT2D eigenvalue weighted by atomic mass is 79.9. The van der Waals surface area contributed by atoms with Gasteiger partial charge in [-0.25, -0.2) is 0 Å². The Labute approximate surface area is 130 Å². The Morgan fingerprint density at radius 3 is 2.75 bits per heavy atom. The monoisotopic (exact) mass is 340 g/mol. The van der Waals surface area contributed by atoms with Gasteiger partial charge >= 0.3 is 0 Å². The second-order valence-electron chi connectivity index (χ2n) is 5.53. The van der Waals surface area contributed by atoms with E-state index in [0.717, 1.165) is 30.2 Å². The lowest BCUT2D eigenvalue weighted by atomic mass is 10.1. The van der Waals surface area contributed by atoms with Gasteiger partial charge in [-0.15, -0.1) is 0 Å². The molecule has 0 radical (unpaired) electrons. The molecule has 1 aromatic carbocycles. The van der Waals surface area contributed by atoms with Crippen molar-refractivity contribution in [2.45, 2.75) is 45.3 Å². The van der Waals surface area contributed by atoms with Gasteiger partial charge in [0.05, 0.1) is 12.3 Å². The van der Waals surface area contributed by atoms with Gasteiger partial charge < -0.3 is 15.0 Å². The van der Waals surface area contributed by atoms with Crippen molar-refractivity contribution in [3.05, 3.63) is 28.2 Å². The molecule has 1 N–H and O–H groups in total. The highest BCUT2D eigenvalue weighted by Crippen LogP contribution is 2.29. The summed E-state index contributed by atoms with van der Waals surface area (Å²) in [6.07, 6.45) is 2.66. The van der Waals surface area contributed by atoms with Crippen LogP contribution in [0.3, 0.4) is 0 Å². The average molecular weight is 341 g/mol. The van der Waals surface area contributed by atoms with Gasteiger partial charge in [-0.1, -0.05) is 6.07 Å². The number of nitrogens with zero attached hydrogens (tertiary/aromatic N) is 1. The fraction of sp³-hybridized carbons (Fsp3) is 0.625. The maximum absolute atomic E-state index is 5.28. The molecule has 112 valence electrons. The van der Waals surface area contributed by atoms with Crippen molar-refractivity contribution in [3.63, 3.8) is 0 Å². The second kappa shape index (κ2) is 7.43. The van der Waals surface area contributed by atoms with Crippen molar-refractivity contribution in [2.24, 2.45) is 0 Å². The molecule has 1 aliphatic rings. The summed E-state index contributed by atoms with van der Waals surface area (Å²) in [5.74, 6) is 0. The molecule has 0 aromatic heterocycles. The van der Waals surface area contributed by atoms with Crippen molar-refractivity contribution in [1.29, 1.82) is 0 Å². The number of likely N-dealkylation sites (N-methyl/N-ethyl adjacent to an activating group) is 1. The van der Waals surface area contributed by atoms with Crippen LogP contribution in [-0.4, -0.2) is 32.3 Å². The van der Waals surface area contributed by atoms with Crippen LogP contribution in [0.4, 0.5) is 5.69 Å². The van der Waals surface area contributed by atoms with E-state index >= 15 is 0 Å². The molecule has 0 heterocycles. The first kappa shape index (κ1) is 15.8. The van der Waals surface area contributed by atoms with Crippen molar-refractivity contribution in [1.82, 2.24) is 5.32 Å². The topological polar surface area (TPSA) is 24.5 Å². The highest BCUT2D eigenvalue weighted by Gasteiger charge is 2.20. The normalized spacial score (nSPS) is 16.2. The maximum Gasteiger partial charge on any atom is 0.0663 e. The summed E-state index contributed by atoms with van der Waals surface area (Å²) in [6.45, 7) is 7.06. The zero-order chi connectivity index (χ0) is 14.5. The highest BCUT2D eigenvalue weighted by molar-refractivity contribution is 9.10. The SMILES string of the molecule is CCN(c1ccc(CNC2CC2)cc1Br)C(C)COC. The molecule has 2 rings (SSSR count). The van der Waals surface area contributed by atoms with Gasteiger partial charge in [-0.3, -0.25) is 0 Å². The van der Waals surface area contributed by atoms with Gasteiger partial charge in [0.25, 0.3) is 0 Å². The number of anilines is 1. The molecule has 0 aliphatic heterocycles. The van der Waals surface area contributed by atoms with Crippen molar-refractivity contribution >= 4 is 21.6 Å². The standard InChI is InChI=1S/C16H25BrN2O/c1-4-19(12(2)11-20-3)16-8-5-13(9-15(16)17)10-18-14-6-7-14/h5,8-9,12,14,18H,4,6-7,10-11H2,1-3H3. The molecule has 1 saturated carbocycles. The van der Waals surface area contributed by atoms with Crippen LogP contribution in [0.1, 0.15) is 32.3 Å². The number of hydrogen-bond donors (Lipinski definition) is 1. The number of nitrogens with one attached hydrogen (secondary N) is 1. The molecule has 1 unspecified atom stereocenters. The Balaban J connectivity index is 2.05. The molecule has 4 heteroatoms. The van der Waals surface area contributed by atoms with Crippen LogP contribution in [0.25, 0.3) is 0 Å². The number of rotatable bonds is 8. The number of benzene rings is 1. The predicted molar refractivity (Wildman–Crippen MR) is 88.4 cm³/mol. The molecule has 3 nitrogen and oxygen atoms in total. The molecular weight excluding hydrogens is 316 g/mol. The third-order valence-corrected chi connectivity index (χ3v) is 4.41. The lowest BCUT2D eigenvalue weighted by molar-refractivity contribution is 0.182. The van der Waals surface area contributed by atoms with Crippen molar-refractivity contribution < 1.29 is 4.74 Å². The smallest absolute Gasteiger partial charge is 0.0663 e. The molecule has 1 fully saturated rings. The Morgan fingerprint density at radius 1 is 1.45 bits per heavy atom. The van der Waals surface area contributed by atoms with E-state index in [-0.39, 0.29) is 0 Å². The minimum atomic E-state index is 0.372. The third-order valence-electron chi connectivity index (χ3n) is 3.77.